The molecule has 0 saturated carbocycles. The van der Waals surface area contributed by atoms with Gasteiger partial charge in [0, 0.05) is 16.8 Å². The van der Waals surface area contributed by atoms with Gasteiger partial charge in [0.2, 0.25) is 0 Å². The van der Waals surface area contributed by atoms with Crippen molar-refractivity contribution in [1.29, 1.82) is 0 Å². The van der Waals surface area contributed by atoms with Gasteiger partial charge in [-0.15, -0.1) is 0 Å². The van der Waals surface area contributed by atoms with Crippen LogP contribution in [0.1, 0.15) is 11.1 Å². The average Bonchev–Trinajstić information content (AvgIpc) is 2.79. The number of fused-ring (bicyclic) bond motifs is 1. The van der Waals surface area contributed by atoms with E-state index in [9.17, 15) is 9.18 Å². The number of nitrogens with zero attached hydrogens (tertiary/aromatic N) is 1. The number of aromatic nitrogens is 1. The number of aromatic amines is 1. The van der Waals surface area contributed by atoms with Crippen LogP contribution in [0.25, 0.3) is 10.9 Å². The third kappa shape index (κ3) is 5.70. The van der Waals surface area contributed by atoms with E-state index < -0.39 is 0 Å². The van der Waals surface area contributed by atoms with E-state index in [1.807, 2.05) is 30.0 Å². The predicted molar refractivity (Wildman–Crippen MR) is 129 cm³/mol. The molecule has 1 fully saturated rings. The van der Waals surface area contributed by atoms with Gasteiger partial charge in [0.25, 0.3) is 5.56 Å². The highest BCUT2D eigenvalue weighted by Crippen LogP contribution is 2.15. The molecule has 0 unspecified atom stereocenters. The Labute approximate surface area is 192 Å². The minimum Gasteiger partial charge on any atom is -0.370 e. The first-order valence-electron chi connectivity index (χ1n) is 10.8. The molecule has 0 radical (unpaired) electrons. The maximum Gasteiger partial charge on any atom is 0.253 e. The fraction of sp³-hybridized carbons (Fsp3) is 0.333. The summed E-state index contributed by atoms with van der Waals surface area (Å²) in [6.07, 6.45) is 0. The Morgan fingerprint density at radius 1 is 1.19 bits per heavy atom. The first-order valence-corrected chi connectivity index (χ1v) is 11.2. The van der Waals surface area contributed by atoms with Crippen LogP contribution in [0.3, 0.4) is 0 Å². The second-order valence-electron chi connectivity index (χ2n) is 8.19. The number of benzene rings is 2. The molecule has 2 heterocycles. The zero-order chi connectivity index (χ0) is 22.5. The van der Waals surface area contributed by atoms with Gasteiger partial charge in [0.15, 0.2) is 5.11 Å². The average molecular weight is 456 g/mol. The van der Waals surface area contributed by atoms with Crippen molar-refractivity contribution < 1.29 is 14.0 Å². The van der Waals surface area contributed by atoms with E-state index >= 15 is 0 Å². The van der Waals surface area contributed by atoms with Crippen LogP contribution in [0.15, 0.2) is 53.3 Å². The molecule has 3 N–H and O–H groups in total. The number of nitrogens with one attached hydrogen (secondary N) is 3. The Bertz CT molecular complexity index is 1140. The molecule has 0 amide bonds. The molecule has 1 aliphatic rings. The summed E-state index contributed by atoms with van der Waals surface area (Å²) in [5.74, 6) is -0.299. The van der Waals surface area contributed by atoms with Crippen molar-refractivity contribution in [1.82, 2.24) is 9.88 Å². The zero-order valence-electron chi connectivity index (χ0n) is 18.1. The number of pyridine rings is 1. The fourth-order valence-corrected chi connectivity index (χ4v) is 4.16. The van der Waals surface area contributed by atoms with Gasteiger partial charge in [-0.05, 0) is 67.0 Å². The molecule has 32 heavy (non-hydrogen) atoms. The minimum absolute atomic E-state index is 0.116. The van der Waals surface area contributed by atoms with Crippen LogP contribution in [-0.4, -0.2) is 54.4 Å². The van der Waals surface area contributed by atoms with E-state index in [0.717, 1.165) is 49.3 Å². The van der Waals surface area contributed by atoms with E-state index in [4.69, 9.17) is 17.0 Å². The monoisotopic (exact) mass is 455 g/mol. The summed E-state index contributed by atoms with van der Waals surface area (Å²) in [5.41, 5.74) is 3.21. The summed E-state index contributed by atoms with van der Waals surface area (Å²) >= 11 is 5.69. The predicted octanol–water partition coefficient (Wildman–Crippen LogP) is 2.09. The van der Waals surface area contributed by atoms with Crippen molar-refractivity contribution in [2.45, 2.75) is 13.5 Å². The molecule has 0 bridgehead atoms. The summed E-state index contributed by atoms with van der Waals surface area (Å²) < 4.78 is 18.7. The van der Waals surface area contributed by atoms with Gasteiger partial charge in [-0.25, -0.2) is 4.39 Å². The lowest BCUT2D eigenvalue weighted by atomic mass is 10.1. The Balaban J connectivity index is 1.55. The maximum absolute atomic E-state index is 13.3. The smallest absolute Gasteiger partial charge is 0.253 e. The van der Waals surface area contributed by atoms with Crippen LogP contribution in [0, 0.1) is 12.7 Å². The highest BCUT2D eigenvalue weighted by molar-refractivity contribution is 7.80. The van der Waals surface area contributed by atoms with Crippen LogP contribution < -0.4 is 15.8 Å². The first-order chi connectivity index (χ1) is 15.5. The van der Waals surface area contributed by atoms with Gasteiger partial charge in [-0.3, -0.25) is 4.79 Å². The first kappa shape index (κ1) is 22.4. The van der Waals surface area contributed by atoms with Crippen molar-refractivity contribution in [3.05, 3.63) is 75.8 Å². The van der Waals surface area contributed by atoms with Gasteiger partial charge in [0.05, 0.1) is 32.8 Å². The number of thiocarbonyl (C=S) groups is 1. The number of rotatable bonds is 6. The van der Waals surface area contributed by atoms with Crippen molar-refractivity contribution in [2.24, 2.45) is 0 Å². The summed E-state index contributed by atoms with van der Waals surface area (Å²) in [6.45, 7) is 7.44. The molecule has 1 aliphatic heterocycles. The van der Waals surface area contributed by atoms with E-state index in [-0.39, 0.29) is 11.4 Å². The van der Waals surface area contributed by atoms with Crippen LogP contribution >= 0.6 is 12.2 Å². The SMILES string of the molecule is Cc1ccc2[nH]c(=O)c(CN(CC[NH+]3CCOCC3)C(=S)Nc3ccc(F)cc3)cc2c1. The molecule has 168 valence electrons. The van der Waals surface area contributed by atoms with E-state index in [1.54, 1.807) is 12.1 Å². The van der Waals surface area contributed by atoms with Crippen molar-refractivity contribution in [3.63, 3.8) is 0 Å². The Morgan fingerprint density at radius 2 is 1.94 bits per heavy atom. The summed E-state index contributed by atoms with van der Waals surface area (Å²) in [7, 11) is 0. The lowest BCUT2D eigenvalue weighted by Crippen LogP contribution is -3.14. The number of ether oxygens (including phenoxy) is 1. The number of aryl methyl sites for hydroxylation is 1. The molecule has 0 spiro atoms. The second kappa shape index (κ2) is 10.2. The summed E-state index contributed by atoms with van der Waals surface area (Å²) in [5, 5.41) is 4.69. The van der Waals surface area contributed by atoms with Crippen LogP contribution in [0.2, 0.25) is 0 Å². The van der Waals surface area contributed by atoms with Crippen molar-refractivity contribution in [3.8, 4) is 0 Å². The largest absolute Gasteiger partial charge is 0.370 e. The van der Waals surface area contributed by atoms with Crippen LogP contribution in [0.4, 0.5) is 10.1 Å². The molecule has 6 nitrogen and oxygen atoms in total. The highest BCUT2D eigenvalue weighted by atomic mass is 32.1. The number of quaternary nitrogens is 1. The van der Waals surface area contributed by atoms with Gasteiger partial charge < -0.3 is 24.8 Å². The van der Waals surface area contributed by atoms with Gasteiger partial charge in [-0.2, -0.15) is 0 Å². The molecule has 4 rings (SSSR count). The quantitative estimate of drug-likeness (QED) is 0.497. The molecule has 2 aromatic carbocycles. The van der Waals surface area contributed by atoms with Gasteiger partial charge in [0.1, 0.15) is 18.9 Å². The maximum atomic E-state index is 13.3. The lowest BCUT2D eigenvalue weighted by Gasteiger charge is -2.29. The molecule has 0 aliphatic carbocycles. The number of halogens is 1. The molecular formula is C24H28FN4O2S+. The third-order valence-corrected chi connectivity index (χ3v) is 6.12. The Hall–Kier alpha value is -2.81. The molecule has 1 aromatic heterocycles. The van der Waals surface area contributed by atoms with Gasteiger partial charge in [-0.1, -0.05) is 11.6 Å². The van der Waals surface area contributed by atoms with E-state index in [1.165, 1.54) is 17.0 Å². The number of H-pyrrole nitrogens is 1. The normalized spacial score (nSPS) is 14.4. The number of morpholine rings is 1. The molecular weight excluding hydrogens is 427 g/mol. The van der Waals surface area contributed by atoms with E-state index in [2.05, 4.69) is 16.4 Å². The standard InChI is InChI=1S/C24H27FN4O2S/c1-17-2-7-22-18(14-17)15-19(23(30)27-22)16-29(9-8-28-10-12-31-13-11-28)24(32)26-21-5-3-20(25)4-6-21/h2-7,14-15H,8-13,16H2,1H3,(H,26,32)(H,27,30)/p+1. The third-order valence-electron chi connectivity index (χ3n) is 5.76. The number of hydrogen-bond acceptors (Lipinski definition) is 3. The number of hydrogen-bond donors (Lipinski definition) is 3. The highest BCUT2D eigenvalue weighted by Gasteiger charge is 2.19. The van der Waals surface area contributed by atoms with Crippen molar-refractivity contribution >= 4 is 33.9 Å². The Kier molecular flexibility index (Phi) is 7.14. The van der Waals surface area contributed by atoms with Crippen LogP contribution in [0.5, 0.6) is 0 Å². The number of anilines is 1. The second-order valence-corrected chi connectivity index (χ2v) is 8.57. The summed E-state index contributed by atoms with van der Waals surface area (Å²) in [6, 6.07) is 14.0. The Morgan fingerprint density at radius 3 is 2.69 bits per heavy atom. The molecule has 8 heteroatoms. The van der Waals surface area contributed by atoms with Crippen LogP contribution in [-0.2, 0) is 11.3 Å². The van der Waals surface area contributed by atoms with E-state index in [0.29, 0.717) is 29.5 Å². The summed E-state index contributed by atoms with van der Waals surface area (Å²) in [4.78, 5) is 19.2. The zero-order valence-corrected chi connectivity index (χ0v) is 18.9. The lowest BCUT2D eigenvalue weighted by molar-refractivity contribution is -0.907. The molecule has 0 atom stereocenters. The van der Waals surface area contributed by atoms with Gasteiger partial charge >= 0.3 is 0 Å². The topological polar surface area (TPSA) is 61.8 Å². The van der Waals surface area contributed by atoms with Crippen molar-refractivity contribution in [2.75, 3.05) is 44.7 Å². The molecule has 3 aromatic rings. The minimum atomic E-state index is -0.299. The molecule has 1 saturated heterocycles. The fourth-order valence-electron chi connectivity index (χ4n) is 3.89.